The van der Waals surface area contributed by atoms with Gasteiger partial charge in [0.05, 0.1) is 19.8 Å². The Morgan fingerprint density at radius 3 is 1.00 bits per heavy atom. The van der Waals surface area contributed by atoms with Gasteiger partial charge in [-0.2, -0.15) is 0 Å². The number of unbranched alkanes of at least 4 members (excludes halogenated alkanes) is 30. The van der Waals surface area contributed by atoms with Crippen molar-refractivity contribution in [2.24, 2.45) is 0 Å². The molecule has 0 aromatic carbocycles. The number of hydrogen-bond donors (Lipinski definition) is 2. The van der Waals surface area contributed by atoms with E-state index in [1.165, 1.54) is 141 Å². The summed E-state index contributed by atoms with van der Waals surface area (Å²) in [4.78, 5) is 48.9. The predicted molar refractivity (Wildman–Crippen MR) is 353 cm³/mol. The van der Waals surface area contributed by atoms with Crippen LogP contribution >= 0.6 is 7.82 Å². The summed E-state index contributed by atoms with van der Waals surface area (Å²) in [6.45, 7) is 4.50. The van der Waals surface area contributed by atoms with E-state index in [2.05, 4.69) is 118 Å². The summed E-state index contributed by atoms with van der Waals surface area (Å²) in [6.07, 6.45) is 79.2. The molecule has 11 nitrogen and oxygen atoms in total. The number of esters is 3. The topological polar surface area (TPSA) is 155 Å². The van der Waals surface area contributed by atoms with Crippen LogP contribution in [-0.2, 0) is 42.2 Å². The van der Waals surface area contributed by atoms with E-state index in [0.717, 1.165) is 103 Å². The Kier molecular flexibility index (Phi) is 62.6. The van der Waals surface area contributed by atoms with E-state index in [0.29, 0.717) is 19.3 Å². The van der Waals surface area contributed by atoms with E-state index in [1.807, 2.05) is 0 Å². The van der Waals surface area contributed by atoms with Crippen LogP contribution in [0.5, 0.6) is 0 Å². The van der Waals surface area contributed by atoms with Gasteiger partial charge in [0, 0.05) is 19.3 Å². The van der Waals surface area contributed by atoms with Gasteiger partial charge in [-0.1, -0.05) is 259 Å². The molecule has 0 fully saturated rings. The maximum atomic E-state index is 13.0. The van der Waals surface area contributed by atoms with Gasteiger partial charge in [-0.05, 0) is 122 Å². The van der Waals surface area contributed by atoms with E-state index in [4.69, 9.17) is 23.3 Å². The minimum Gasteiger partial charge on any atom is -0.462 e. The standard InChI is InChI=1S/C72H125O11P/c1-4-7-10-13-16-19-22-25-28-31-34-37-40-43-46-49-52-55-58-61-70(74)79-65-69(83-72(76)63-60-57-54-51-48-45-42-39-36-33-30-27-24-21-18-15-12-9-6-3)67-81-84(77,78)80-66-68(64-73)82-71(75)62-59-56-53-50-47-44-41-38-35-32-29-26-23-20-17-14-11-8-5-2/h9,12,16,18-19,21,25-30,36,39,45,48,68-69,73H,4-8,10-11,13-15,17,20,22-24,31-35,37-38,40-44,46-47,49-67H2,1-3H3,(H,77,78)/b12-9-,19-16-,21-18-,28-25-,29-26-,30-27-,39-36-,48-45-. The normalized spacial score (nSPS) is 13.8. The first-order chi connectivity index (χ1) is 41.2. The zero-order valence-electron chi connectivity index (χ0n) is 53.8. The van der Waals surface area contributed by atoms with Gasteiger partial charge in [0.2, 0.25) is 0 Å². The zero-order chi connectivity index (χ0) is 61.2. The molecule has 0 bridgehead atoms. The van der Waals surface area contributed by atoms with Crippen molar-refractivity contribution in [3.8, 4) is 0 Å². The molecule has 484 valence electrons. The number of carbonyl (C=O) groups excluding carboxylic acids is 3. The summed E-state index contributed by atoms with van der Waals surface area (Å²) in [6, 6.07) is 0. The monoisotopic (exact) mass is 1200 g/mol. The molecule has 0 heterocycles. The Labute approximate surface area is 514 Å². The molecule has 0 aliphatic carbocycles. The van der Waals surface area contributed by atoms with Crippen LogP contribution in [0, 0.1) is 0 Å². The number of carbonyl (C=O) groups is 3. The molecule has 84 heavy (non-hydrogen) atoms. The Morgan fingerprint density at radius 1 is 0.345 bits per heavy atom. The highest BCUT2D eigenvalue weighted by Gasteiger charge is 2.28. The van der Waals surface area contributed by atoms with Gasteiger partial charge < -0.3 is 24.2 Å². The third kappa shape index (κ3) is 62.9. The maximum Gasteiger partial charge on any atom is 0.472 e. The van der Waals surface area contributed by atoms with E-state index in [-0.39, 0.29) is 25.9 Å². The van der Waals surface area contributed by atoms with Crippen molar-refractivity contribution in [2.75, 3.05) is 26.4 Å². The Bertz CT molecular complexity index is 1780. The molecule has 0 rings (SSSR count). The number of hydrogen-bond acceptors (Lipinski definition) is 10. The van der Waals surface area contributed by atoms with Crippen LogP contribution in [0.2, 0.25) is 0 Å². The van der Waals surface area contributed by atoms with E-state index in [1.54, 1.807) is 0 Å². The van der Waals surface area contributed by atoms with Crippen molar-refractivity contribution in [1.82, 2.24) is 0 Å². The molecule has 3 unspecified atom stereocenters. The minimum atomic E-state index is -4.77. The average Bonchev–Trinajstić information content (AvgIpc) is 3.53. The SMILES string of the molecule is CC/C=C\C/C=C\C/C=C\C/C=C\C/C=C\CCCCCC(=O)OC(COC(=O)CCCCCCCCCCC/C=C\C/C=C\CCCCC)COP(=O)(O)OCC(CO)OC(=O)CCCCCCCCCCC/C=C\CCCCCCCC. The summed E-state index contributed by atoms with van der Waals surface area (Å²) in [7, 11) is -4.77. The van der Waals surface area contributed by atoms with Crippen molar-refractivity contribution >= 4 is 25.7 Å². The first kappa shape index (κ1) is 80.4. The molecule has 12 heteroatoms. The fourth-order valence-electron chi connectivity index (χ4n) is 9.29. The third-order valence-electron chi connectivity index (χ3n) is 14.5. The molecule has 0 aromatic heterocycles. The summed E-state index contributed by atoms with van der Waals surface area (Å²) in [5.41, 5.74) is 0. The van der Waals surface area contributed by atoms with Crippen LogP contribution in [-0.4, -0.2) is 66.5 Å². The lowest BCUT2D eigenvalue weighted by molar-refractivity contribution is -0.161. The molecule has 0 spiro atoms. The fraction of sp³-hybridized carbons (Fsp3) is 0.736. The predicted octanol–water partition coefficient (Wildman–Crippen LogP) is 21.2. The molecule has 0 amide bonds. The Morgan fingerprint density at radius 2 is 0.619 bits per heavy atom. The van der Waals surface area contributed by atoms with Crippen molar-refractivity contribution < 1.29 is 52.2 Å². The van der Waals surface area contributed by atoms with Crippen LogP contribution in [0.4, 0.5) is 0 Å². The molecule has 0 aliphatic rings. The molecule has 0 saturated carbocycles. The largest absolute Gasteiger partial charge is 0.472 e. The Hall–Kier alpha value is -3.60. The van der Waals surface area contributed by atoms with Crippen LogP contribution in [0.25, 0.3) is 0 Å². The molecule has 0 aromatic rings. The van der Waals surface area contributed by atoms with E-state index >= 15 is 0 Å². The van der Waals surface area contributed by atoms with E-state index < -0.39 is 57.8 Å². The molecule has 0 saturated heterocycles. The van der Waals surface area contributed by atoms with Gasteiger partial charge in [0.1, 0.15) is 12.7 Å². The number of phosphoric acid groups is 1. The lowest BCUT2D eigenvalue weighted by Crippen LogP contribution is -2.30. The second kappa shape index (κ2) is 65.4. The average molecular weight is 1200 g/mol. The van der Waals surface area contributed by atoms with Crippen LogP contribution in [0.3, 0.4) is 0 Å². The van der Waals surface area contributed by atoms with Crippen molar-refractivity contribution in [2.45, 2.75) is 315 Å². The summed E-state index contributed by atoms with van der Waals surface area (Å²) < 4.78 is 39.8. The lowest BCUT2D eigenvalue weighted by Gasteiger charge is -2.21. The van der Waals surface area contributed by atoms with Gasteiger partial charge in [-0.3, -0.25) is 23.4 Å². The van der Waals surface area contributed by atoms with Crippen molar-refractivity contribution in [3.63, 3.8) is 0 Å². The lowest BCUT2D eigenvalue weighted by atomic mass is 10.1. The van der Waals surface area contributed by atoms with Gasteiger partial charge in [0.25, 0.3) is 0 Å². The molecule has 2 N–H and O–H groups in total. The Balaban J connectivity index is 4.73. The van der Waals surface area contributed by atoms with E-state index in [9.17, 15) is 28.9 Å². The first-order valence-corrected chi connectivity index (χ1v) is 35.6. The smallest absolute Gasteiger partial charge is 0.462 e. The molecule has 3 atom stereocenters. The minimum absolute atomic E-state index is 0.125. The quantitative estimate of drug-likeness (QED) is 0.0197. The molecular weight excluding hydrogens is 1070 g/mol. The van der Waals surface area contributed by atoms with Crippen molar-refractivity contribution in [1.29, 1.82) is 0 Å². The number of aliphatic hydroxyl groups excluding tert-OH is 1. The fourth-order valence-corrected chi connectivity index (χ4v) is 10.1. The highest BCUT2D eigenvalue weighted by atomic mass is 31.2. The zero-order valence-corrected chi connectivity index (χ0v) is 54.7. The van der Waals surface area contributed by atoms with Gasteiger partial charge >= 0.3 is 25.7 Å². The van der Waals surface area contributed by atoms with Crippen LogP contribution in [0.1, 0.15) is 303 Å². The second-order valence-corrected chi connectivity index (χ2v) is 24.1. The number of rotatable bonds is 63. The molecule has 0 aliphatic heterocycles. The highest BCUT2D eigenvalue weighted by molar-refractivity contribution is 7.47. The van der Waals surface area contributed by atoms with Gasteiger partial charge in [-0.15, -0.1) is 0 Å². The highest BCUT2D eigenvalue weighted by Crippen LogP contribution is 2.43. The van der Waals surface area contributed by atoms with Gasteiger partial charge in [0.15, 0.2) is 6.10 Å². The molecular formula is C72H125O11P. The first-order valence-electron chi connectivity index (χ1n) is 34.1. The number of ether oxygens (including phenoxy) is 3. The number of phosphoric ester groups is 1. The molecule has 0 radical (unpaired) electrons. The second-order valence-electron chi connectivity index (χ2n) is 22.6. The summed E-state index contributed by atoms with van der Waals surface area (Å²) in [5, 5.41) is 9.88. The van der Waals surface area contributed by atoms with Gasteiger partial charge in [-0.25, -0.2) is 4.57 Å². The third-order valence-corrected chi connectivity index (χ3v) is 15.4. The van der Waals surface area contributed by atoms with Crippen molar-refractivity contribution in [3.05, 3.63) is 97.2 Å². The van der Waals surface area contributed by atoms with Crippen LogP contribution in [0.15, 0.2) is 97.2 Å². The number of allylic oxidation sites excluding steroid dienone is 16. The maximum absolute atomic E-state index is 13.0. The summed E-state index contributed by atoms with van der Waals surface area (Å²) >= 11 is 0. The van der Waals surface area contributed by atoms with Crippen LogP contribution < -0.4 is 0 Å². The summed E-state index contributed by atoms with van der Waals surface area (Å²) in [5.74, 6) is -1.50. The number of aliphatic hydroxyl groups is 1.